The number of nitrogens with one attached hydrogen (secondary N) is 1. The standard InChI is InChI=1S/C10H13N5OS/c11-1-2-12-8-5-10(16)15(14-6-8)7-9-13-3-4-17-9/h3-6,12H,1-2,7,11H2. The van der Waals surface area contributed by atoms with E-state index in [2.05, 4.69) is 15.4 Å². The molecule has 0 aliphatic carbocycles. The third-order valence-corrected chi connectivity index (χ3v) is 2.88. The van der Waals surface area contributed by atoms with Gasteiger partial charge in [-0.1, -0.05) is 0 Å². The highest BCUT2D eigenvalue weighted by Crippen LogP contribution is 2.05. The molecule has 0 aliphatic rings. The quantitative estimate of drug-likeness (QED) is 0.788. The maximum atomic E-state index is 11.7. The Morgan fingerprint density at radius 3 is 3.06 bits per heavy atom. The van der Waals surface area contributed by atoms with Crippen molar-refractivity contribution in [1.29, 1.82) is 0 Å². The minimum absolute atomic E-state index is 0.151. The molecule has 0 amide bonds. The molecule has 0 atom stereocenters. The van der Waals surface area contributed by atoms with E-state index in [0.717, 1.165) is 5.01 Å². The van der Waals surface area contributed by atoms with Crippen LogP contribution in [0.3, 0.4) is 0 Å². The lowest BCUT2D eigenvalue weighted by Crippen LogP contribution is -2.23. The van der Waals surface area contributed by atoms with E-state index >= 15 is 0 Å². The van der Waals surface area contributed by atoms with Gasteiger partial charge in [-0.3, -0.25) is 4.79 Å². The van der Waals surface area contributed by atoms with E-state index in [1.807, 2.05) is 5.38 Å². The van der Waals surface area contributed by atoms with Crippen LogP contribution in [0.15, 0.2) is 28.6 Å². The van der Waals surface area contributed by atoms with Crippen LogP contribution in [0.1, 0.15) is 5.01 Å². The van der Waals surface area contributed by atoms with Crippen LogP contribution in [0.4, 0.5) is 5.69 Å². The van der Waals surface area contributed by atoms with Crippen LogP contribution < -0.4 is 16.6 Å². The molecule has 0 fully saturated rings. The summed E-state index contributed by atoms with van der Waals surface area (Å²) in [7, 11) is 0. The van der Waals surface area contributed by atoms with Gasteiger partial charge in [0.25, 0.3) is 5.56 Å². The first-order chi connectivity index (χ1) is 8.29. The van der Waals surface area contributed by atoms with E-state index < -0.39 is 0 Å². The number of nitrogens with two attached hydrogens (primary N) is 1. The fraction of sp³-hybridized carbons (Fsp3) is 0.300. The zero-order valence-electron chi connectivity index (χ0n) is 9.17. The average molecular weight is 251 g/mol. The molecule has 2 heterocycles. The first kappa shape index (κ1) is 11.7. The molecule has 0 spiro atoms. The first-order valence-corrected chi connectivity index (χ1v) is 6.07. The van der Waals surface area contributed by atoms with Gasteiger partial charge in [0.15, 0.2) is 0 Å². The minimum atomic E-state index is -0.151. The smallest absolute Gasteiger partial charge is 0.269 e. The van der Waals surface area contributed by atoms with Crippen molar-refractivity contribution in [2.45, 2.75) is 6.54 Å². The summed E-state index contributed by atoms with van der Waals surface area (Å²) in [6, 6.07) is 1.51. The summed E-state index contributed by atoms with van der Waals surface area (Å²) in [6.07, 6.45) is 3.33. The number of nitrogens with zero attached hydrogens (tertiary/aromatic N) is 3. The Labute approximate surface area is 102 Å². The van der Waals surface area contributed by atoms with Crippen LogP contribution in [-0.4, -0.2) is 27.9 Å². The number of anilines is 1. The van der Waals surface area contributed by atoms with Crippen molar-refractivity contribution in [2.75, 3.05) is 18.4 Å². The molecule has 90 valence electrons. The SMILES string of the molecule is NCCNc1cnn(Cc2nccs2)c(=O)c1. The van der Waals surface area contributed by atoms with Gasteiger partial charge in [-0.2, -0.15) is 5.10 Å². The normalized spacial score (nSPS) is 10.4. The summed E-state index contributed by atoms with van der Waals surface area (Å²) in [5, 5.41) is 9.82. The van der Waals surface area contributed by atoms with Crippen molar-refractivity contribution < 1.29 is 0 Å². The summed E-state index contributed by atoms with van der Waals surface area (Å²) in [5.41, 5.74) is 5.90. The van der Waals surface area contributed by atoms with Crippen molar-refractivity contribution in [3.05, 3.63) is 39.2 Å². The van der Waals surface area contributed by atoms with E-state index in [0.29, 0.717) is 25.3 Å². The zero-order chi connectivity index (χ0) is 12.1. The van der Waals surface area contributed by atoms with Crippen molar-refractivity contribution in [3.63, 3.8) is 0 Å². The molecule has 0 unspecified atom stereocenters. The number of thiazole rings is 1. The number of hydrogen-bond acceptors (Lipinski definition) is 6. The van der Waals surface area contributed by atoms with Gasteiger partial charge >= 0.3 is 0 Å². The predicted molar refractivity (Wildman–Crippen MR) is 67.3 cm³/mol. The molecule has 0 radical (unpaired) electrons. The van der Waals surface area contributed by atoms with Gasteiger partial charge in [0.05, 0.1) is 18.4 Å². The van der Waals surface area contributed by atoms with Crippen LogP contribution in [0, 0.1) is 0 Å². The van der Waals surface area contributed by atoms with Crippen LogP contribution in [-0.2, 0) is 6.54 Å². The second-order valence-electron chi connectivity index (χ2n) is 3.38. The monoisotopic (exact) mass is 251 g/mol. The van der Waals surface area contributed by atoms with Crippen molar-refractivity contribution in [1.82, 2.24) is 14.8 Å². The summed E-state index contributed by atoms with van der Waals surface area (Å²) in [6.45, 7) is 1.55. The van der Waals surface area contributed by atoms with Crippen LogP contribution in [0.5, 0.6) is 0 Å². The largest absolute Gasteiger partial charge is 0.382 e. The number of aromatic nitrogens is 3. The lowest BCUT2D eigenvalue weighted by atomic mass is 10.4. The topological polar surface area (TPSA) is 85.8 Å². The van der Waals surface area contributed by atoms with E-state index in [9.17, 15) is 4.79 Å². The van der Waals surface area contributed by atoms with Gasteiger partial charge < -0.3 is 11.1 Å². The molecule has 2 aromatic rings. The van der Waals surface area contributed by atoms with Crippen molar-refractivity contribution in [3.8, 4) is 0 Å². The van der Waals surface area contributed by atoms with Gasteiger partial charge in [-0.15, -0.1) is 11.3 Å². The molecular formula is C10H13N5OS. The summed E-state index contributed by atoms with van der Waals surface area (Å²) >= 11 is 1.50. The average Bonchev–Trinajstić information content (AvgIpc) is 2.82. The molecule has 2 rings (SSSR count). The lowest BCUT2D eigenvalue weighted by molar-refractivity contribution is 0.637. The predicted octanol–water partition coefficient (Wildman–Crippen LogP) is 0.119. The van der Waals surface area contributed by atoms with E-state index in [1.165, 1.54) is 22.1 Å². The van der Waals surface area contributed by atoms with E-state index in [1.54, 1.807) is 12.4 Å². The number of rotatable bonds is 5. The third-order valence-electron chi connectivity index (χ3n) is 2.11. The van der Waals surface area contributed by atoms with Gasteiger partial charge in [0.1, 0.15) is 5.01 Å². The highest BCUT2D eigenvalue weighted by atomic mass is 32.1. The molecule has 7 heteroatoms. The summed E-state index contributed by atoms with van der Waals surface area (Å²) in [5.74, 6) is 0. The summed E-state index contributed by atoms with van der Waals surface area (Å²) < 4.78 is 1.38. The zero-order valence-corrected chi connectivity index (χ0v) is 9.98. The lowest BCUT2D eigenvalue weighted by Gasteiger charge is -2.05. The Kier molecular flexibility index (Phi) is 3.84. The van der Waals surface area contributed by atoms with Crippen LogP contribution in [0.2, 0.25) is 0 Å². The van der Waals surface area contributed by atoms with Gasteiger partial charge in [-0.25, -0.2) is 9.67 Å². The van der Waals surface area contributed by atoms with E-state index in [-0.39, 0.29) is 5.56 Å². The highest BCUT2D eigenvalue weighted by Gasteiger charge is 2.02. The molecule has 2 aromatic heterocycles. The van der Waals surface area contributed by atoms with E-state index in [4.69, 9.17) is 5.73 Å². The van der Waals surface area contributed by atoms with Crippen LogP contribution in [0.25, 0.3) is 0 Å². The minimum Gasteiger partial charge on any atom is -0.382 e. The molecule has 0 aromatic carbocycles. The molecule has 0 saturated carbocycles. The molecule has 3 N–H and O–H groups in total. The Bertz CT molecular complexity index is 522. The summed E-state index contributed by atoms with van der Waals surface area (Å²) in [4.78, 5) is 15.8. The maximum Gasteiger partial charge on any atom is 0.269 e. The molecule has 17 heavy (non-hydrogen) atoms. The maximum absolute atomic E-state index is 11.7. The molecular weight excluding hydrogens is 238 g/mol. The second-order valence-corrected chi connectivity index (χ2v) is 4.36. The molecule has 0 aliphatic heterocycles. The third kappa shape index (κ3) is 3.11. The van der Waals surface area contributed by atoms with Gasteiger partial charge in [0, 0.05) is 30.7 Å². The fourth-order valence-corrected chi connectivity index (χ4v) is 1.92. The Morgan fingerprint density at radius 1 is 1.53 bits per heavy atom. The van der Waals surface area contributed by atoms with Gasteiger partial charge in [0.2, 0.25) is 0 Å². The Hall–Kier alpha value is -1.73. The Balaban J connectivity index is 2.12. The second kappa shape index (κ2) is 5.55. The molecule has 6 nitrogen and oxygen atoms in total. The highest BCUT2D eigenvalue weighted by molar-refractivity contribution is 7.09. The van der Waals surface area contributed by atoms with Crippen molar-refractivity contribution in [2.24, 2.45) is 5.73 Å². The van der Waals surface area contributed by atoms with Crippen LogP contribution >= 0.6 is 11.3 Å². The molecule has 0 saturated heterocycles. The number of hydrogen-bond donors (Lipinski definition) is 2. The molecule has 0 bridgehead atoms. The van der Waals surface area contributed by atoms with Crippen molar-refractivity contribution >= 4 is 17.0 Å². The fourth-order valence-electron chi connectivity index (χ4n) is 1.32. The first-order valence-electron chi connectivity index (χ1n) is 5.19. The van der Waals surface area contributed by atoms with Gasteiger partial charge in [-0.05, 0) is 0 Å². The Morgan fingerprint density at radius 2 is 2.41 bits per heavy atom.